The molecule has 1 saturated heterocycles. The highest BCUT2D eigenvalue weighted by atomic mass is 127. The van der Waals surface area contributed by atoms with E-state index in [1.165, 1.54) is 11.3 Å². The fourth-order valence-corrected chi connectivity index (χ4v) is 3.37. The lowest BCUT2D eigenvalue weighted by molar-refractivity contribution is 0.153. The van der Waals surface area contributed by atoms with Crippen molar-refractivity contribution in [3.63, 3.8) is 0 Å². The minimum Gasteiger partial charge on any atom is -0.377 e. The molecule has 1 aromatic rings. The normalized spacial score (nSPS) is 20.3. The quantitative estimate of drug-likeness (QED) is 0.290. The van der Waals surface area contributed by atoms with E-state index >= 15 is 0 Å². The van der Waals surface area contributed by atoms with Gasteiger partial charge in [-0.3, -0.25) is 4.99 Å². The summed E-state index contributed by atoms with van der Waals surface area (Å²) >= 11 is 0. The van der Waals surface area contributed by atoms with Gasteiger partial charge in [0.1, 0.15) is 0 Å². The summed E-state index contributed by atoms with van der Waals surface area (Å²) in [6, 6.07) is 11.1. The summed E-state index contributed by atoms with van der Waals surface area (Å²) in [5, 5.41) is 6.99. The number of hydrogen-bond donors (Lipinski definition) is 2. The van der Waals surface area contributed by atoms with E-state index in [2.05, 4.69) is 58.9 Å². The fourth-order valence-electron chi connectivity index (χ4n) is 3.37. The average Bonchev–Trinajstić information content (AvgIpc) is 3.12. The number of anilines is 1. The Hall–Kier alpha value is -1.28. The number of hydrogen-bond acceptors (Lipinski definition) is 3. The third-order valence-electron chi connectivity index (χ3n) is 4.75. The molecule has 1 atom stereocenters. The highest BCUT2D eigenvalue weighted by Gasteiger charge is 2.23. The maximum absolute atomic E-state index is 5.36. The van der Waals surface area contributed by atoms with Crippen molar-refractivity contribution < 1.29 is 4.74 Å². The van der Waals surface area contributed by atoms with E-state index in [0.29, 0.717) is 6.04 Å². The predicted octanol–water partition coefficient (Wildman–Crippen LogP) is 3.18. The van der Waals surface area contributed by atoms with Gasteiger partial charge < -0.3 is 20.3 Å². The van der Waals surface area contributed by atoms with Gasteiger partial charge in [-0.05, 0) is 38.3 Å². The number of nitrogens with zero attached hydrogens (tertiary/aromatic N) is 2. The van der Waals surface area contributed by atoms with E-state index in [9.17, 15) is 0 Å². The Morgan fingerprint density at radius 3 is 2.88 bits per heavy atom. The number of guanidine groups is 1. The summed E-state index contributed by atoms with van der Waals surface area (Å²) in [4.78, 5) is 7.20. The van der Waals surface area contributed by atoms with E-state index in [1.807, 2.05) is 0 Å². The maximum atomic E-state index is 5.36. The van der Waals surface area contributed by atoms with Gasteiger partial charge >= 0.3 is 0 Å². The van der Waals surface area contributed by atoms with Gasteiger partial charge in [0.15, 0.2) is 5.96 Å². The van der Waals surface area contributed by atoms with Crippen LogP contribution in [-0.2, 0) is 4.74 Å². The molecule has 0 spiro atoms. The lowest BCUT2D eigenvalue weighted by atomic mass is 10.1. The monoisotopic (exact) mass is 470 g/mol. The van der Waals surface area contributed by atoms with Crippen LogP contribution in [0.5, 0.6) is 0 Å². The molecule has 144 valence electrons. The summed E-state index contributed by atoms with van der Waals surface area (Å²) in [5.41, 5.74) is 2.78. The van der Waals surface area contributed by atoms with Crippen LogP contribution >= 0.6 is 24.0 Å². The number of rotatable bonds is 6. The van der Waals surface area contributed by atoms with Crippen molar-refractivity contribution >= 4 is 35.6 Å². The van der Waals surface area contributed by atoms with E-state index in [0.717, 1.165) is 64.6 Å². The van der Waals surface area contributed by atoms with E-state index in [4.69, 9.17) is 9.73 Å². The number of para-hydroxylation sites is 1. The van der Waals surface area contributed by atoms with Crippen molar-refractivity contribution in [1.29, 1.82) is 0 Å². The molecule has 3 rings (SSSR count). The summed E-state index contributed by atoms with van der Waals surface area (Å²) in [6.45, 7) is 7.56. The van der Waals surface area contributed by atoms with Crippen molar-refractivity contribution in [2.24, 2.45) is 4.99 Å². The van der Waals surface area contributed by atoms with Crippen molar-refractivity contribution in [1.82, 2.24) is 10.6 Å². The molecule has 6 heteroatoms. The molecule has 1 fully saturated rings. The van der Waals surface area contributed by atoms with E-state index in [1.54, 1.807) is 0 Å². The first-order chi connectivity index (χ1) is 12.3. The Bertz CT molecular complexity index is 591. The van der Waals surface area contributed by atoms with Gasteiger partial charge in [-0.2, -0.15) is 0 Å². The Kier molecular flexibility index (Phi) is 9.25. The predicted molar refractivity (Wildman–Crippen MR) is 120 cm³/mol. The average molecular weight is 470 g/mol. The molecule has 1 aromatic carbocycles. The molecular weight excluding hydrogens is 439 g/mol. The zero-order chi connectivity index (χ0) is 17.3. The molecule has 2 N–H and O–H groups in total. The van der Waals surface area contributed by atoms with Crippen LogP contribution in [0, 0.1) is 0 Å². The van der Waals surface area contributed by atoms with Gasteiger partial charge in [0.2, 0.25) is 0 Å². The van der Waals surface area contributed by atoms with Crippen molar-refractivity contribution in [2.45, 2.75) is 32.2 Å². The third-order valence-corrected chi connectivity index (χ3v) is 4.75. The van der Waals surface area contributed by atoms with Gasteiger partial charge in [0, 0.05) is 37.9 Å². The van der Waals surface area contributed by atoms with Crippen LogP contribution < -0.4 is 15.5 Å². The number of halogens is 1. The zero-order valence-electron chi connectivity index (χ0n) is 15.6. The third kappa shape index (κ3) is 6.46. The minimum atomic E-state index is 0. The molecular formula is C20H31IN4O. The van der Waals surface area contributed by atoms with Crippen LogP contribution in [0.2, 0.25) is 0 Å². The van der Waals surface area contributed by atoms with E-state index < -0.39 is 0 Å². The minimum absolute atomic E-state index is 0. The Balaban J connectivity index is 0.00000243. The molecule has 0 amide bonds. The van der Waals surface area contributed by atoms with Crippen LogP contribution in [-0.4, -0.2) is 51.4 Å². The van der Waals surface area contributed by atoms with Crippen molar-refractivity contribution in [3.05, 3.63) is 42.0 Å². The second-order valence-electron chi connectivity index (χ2n) is 6.61. The van der Waals surface area contributed by atoms with Gasteiger partial charge in [-0.25, -0.2) is 0 Å². The van der Waals surface area contributed by atoms with Gasteiger partial charge in [-0.15, -0.1) is 24.0 Å². The smallest absolute Gasteiger partial charge is 0.191 e. The van der Waals surface area contributed by atoms with Crippen LogP contribution in [0.15, 0.2) is 47.0 Å². The molecule has 0 saturated carbocycles. The molecule has 26 heavy (non-hydrogen) atoms. The SMILES string of the molecule is CCNC(=NCCC1=CCOCC1)NC1CCN(c2ccccc2)C1.I. The second-order valence-corrected chi connectivity index (χ2v) is 6.61. The first kappa shape index (κ1) is 21.0. The number of benzene rings is 1. The first-order valence-corrected chi connectivity index (χ1v) is 9.45. The largest absolute Gasteiger partial charge is 0.377 e. The highest BCUT2D eigenvalue weighted by Crippen LogP contribution is 2.19. The molecule has 0 radical (unpaired) electrons. The lowest BCUT2D eigenvalue weighted by Crippen LogP contribution is -2.44. The molecule has 0 aliphatic carbocycles. The first-order valence-electron chi connectivity index (χ1n) is 9.45. The van der Waals surface area contributed by atoms with Crippen LogP contribution in [0.3, 0.4) is 0 Å². The van der Waals surface area contributed by atoms with Gasteiger partial charge in [0.25, 0.3) is 0 Å². The molecule has 0 bridgehead atoms. The lowest BCUT2D eigenvalue weighted by Gasteiger charge is -2.20. The zero-order valence-corrected chi connectivity index (χ0v) is 17.9. The van der Waals surface area contributed by atoms with E-state index in [-0.39, 0.29) is 24.0 Å². The number of nitrogens with one attached hydrogen (secondary N) is 2. The Morgan fingerprint density at radius 1 is 1.31 bits per heavy atom. The summed E-state index contributed by atoms with van der Waals surface area (Å²) < 4.78 is 5.36. The molecule has 0 aromatic heterocycles. The summed E-state index contributed by atoms with van der Waals surface area (Å²) in [5.74, 6) is 0.940. The molecule has 2 aliphatic rings. The van der Waals surface area contributed by atoms with Crippen LogP contribution in [0.25, 0.3) is 0 Å². The number of ether oxygens (including phenoxy) is 1. The Labute approximate surface area is 174 Å². The van der Waals surface area contributed by atoms with Gasteiger partial charge in [0.05, 0.1) is 13.2 Å². The van der Waals surface area contributed by atoms with Gasteiger partial charge in [-0.1, -0.05) is 29.8 Å². The van der Waals surface area contributed by atoms with Crippen molar-refractivity contribution in [2.75, 3.05) is 44.3 Å². The highest BCUT2D eigenvalue weighted by molar-refractivity contribution is 14.0. The molecule has 1 unspecified atom stereocenters. The molecule has 5 nitrogen and oxygen atoms in total. The summed E-state index contributed by atoms with van der Waals surface area (Å²) in [7, 11) is 0. The Morgan fingerprint density at radius 2 is 2.15 bits per heavy atom. The molecule has 2 aliphatic heterocycles. The van der Waals surface area contributed by atoms with Crippen LogP contribution in [0.4, 0.5) is 5.69 Å². The topological polar surface area (TPSA) is 48.9 Å². The van der Waals surface area contributed by atoms with Crippen LogP contribution in [0.1, 0.15) is 26.2 Å². The number of aliphatic imine (C=N–C) groups is 1. The fraction of sp³-hybridized carbons (Fsp3) is 0.550. The standard InChI is InChI=1S/C20H30N4O.HI/c1-2-21-20(22-12-8-17-10-14-25-15-11-17)23-18-9-13-24(16-18)19-6-4-3-5-7-19;/h3-7,10,18H,2,8-9,11-16H2,1H3,(H2,21,22,23);1H. The van der Waals surface area contributed by atoms with Crippen molar-refractivity contribution in [3.8, 4) is 0 Å². The summed E-state index contributed by atoms with van der Waals surface area (Å²) in [6.07, 6.45) is 5.42. The second kappa shape index (κ2) is 11.4. The maximum Gasteiger partial charge on any atom is 0.191 e. The molecule has 2 heterocycles.